The Morgan fingerprint density at radius 1 is 1.11 bits per heavy atom. The van der Waals surface area contributed by atoms with Crippen molar-refractivity contribution < 1.29 is 8.78 Å². The summed E-state index contributed by atoms with van der Waals surface area (Å²) in [6.45, 7) is 3.79. The molecule has 2 heterocycles. The molecule has 2 nitrogen and oxygen atoms in total. The maximum atomic E-state index is 13.8. The third-order valence-corrected chi connectivity index (χ3v) is 4.53. The van der Waals surface area contributed by atoms with Crippen LogP contribution in [0.15, 0.2) is 16.6 Å². The van der Waals surface area contributed by atoms with Gasteiger partial charge in [0.2, 0.25) is 0 Å². The van der Waals surface area contributed by atoms with Crippen LogP contribution in [0.5, 0.6) is 0 Å². The lowest BCUT2D eigenvalue weighted by atomic mass is 10.1. The fraction of sp³-hybridized carbons (Fsp3) is 0.538. The van der Waals surface area contributed by atoms with Crippen LogP contribution in [-0.2, 0) is 0 Å². The normalized spacial score (nSPS) is 24.4. The quantitative estimate of drug-likeness (QED) is 0.735. The van der Waals surface area contributed by atoms with Crippen LogP contribution in [0, 0.1) is 11.6 Å². The van der Waals surface area contributed by atoms with E-state index in [-0.39, 0.29) is 0 Å². The van der Waals surface area contributed by atoms with Crippen LogP contribution in [0.2, 0.25) is 0 Å². The fourth-order valence-electron chi connectivity index (χ4n) is 2.96. The predicted molar refractivity (Wildman–Crippen MR) is 70.9 cm³/mol. The van der Waals surface area contributed by atoms with E-state index in [1.807, 2.05) is 4.90 Å². The number of hydrogen-bond acceptors (Lipinski definition) is 2. The molecule has 0 bridgehead atoms. The second kappa shape index (κ2) is 4.78. The molecule has 0 amide bonds. The van der Waals surface area contributed by atoms with Crippen molar-refractivity contribution in [1.82, 2.24) is 4.90 Å². The van der Waals surface area contributed by atoms with Crippen LogP contribution >= 0.6 is 15.9 Å². The van der Waals surface area contributed by atoms with Gasteiger partial charge >= 0.3 is 0 Å². The van der Waals surface area contributed by atoms with Gasteiger partial charge in [-0.05, 0) is 41.4 Å². The highest BCUT2D eigenvalue weighted by atomic mass is 79.9. The molecule has 18 heavy (non-hydrogen) atoms. The summed E-state index contributed by atoms with van der Waals surface area (Å²) in [5.41, 5.74) is 0.509. The predicted octanol–water partition coefficient (Wildman–Crippen LogP) is 3.01. The van der Waals surface area contributed by atoms with Crippen LogP contribution in [-0.4, -0.2) is 37.1 Å². The smallest absolute Gasteiger partial charge is 0.149 e. The first-order chi connectivity index (χ1) is 8.65. The molecule has 1 unspecified atom stereocenters. The number of piperazine rings is 1. The Balaban J connectivity index is 1.84. The topological polar surface area (TPSA) is 6.48 Å². The van der Waals surface area contributed by atoms with Gasteiger partial charge < -0.3 is 4.90 Å². The lowest BCUT2D eigenvalue weighted by Crippen LogP contribution is -2.50. The van der Waals surface area contributed by atoms with Crippen molar-refractivity contribution in [3.63, 3.8) is 0 Å². The van der Waals surface area contributed by atoms with Gasteiger partial charge in [-0.25, -0.2) is 8.78 Å². The highest BCUT2D eigenvalue weighted by Crippen LogP contribution is 2.30. The molecule has 98 valence electrons. The van der Waals surface area contributed by atoms with Gasteiger partial charge in [-0.2, -0.15) is 0 Å². The molecule has 2 saturated heterocycles. The van der Waals surface area contributed by atoms with Crippen molar-refractivity contribution in [2.45, 2.75) is 18.9 Å². The number of nitrogens with zero attached hydrogens (tertiary/aromatic N) is 2. The molecule has 0 N–H and O–H groups in total. The molecule has 0 radical (unpaired) electrons. The van der Waals surface area contributed by atoms with E-state index in [4.69, 9.17) is 0 Å². The zero-order valence-corrected chi connectivity index (χ0v) is 11.6. The molecule has 2 aliphatic rings. The van der Waals surface area contributed by atoms with Gasteiger partial charge in [-0.1, -0.05) is 0 Å². The number of fused-ring (bicyclic) bond motifs is 1. The molecule has 2 aliphatic heterocycles. The molecule has 0 aliphatic carbocycles. The molecular formula is C13H15BrF2N2. The Kier molecular flexibility index (Phi) is 3.28. The molecular weight excluding hydrogens is 302 g/mol. The van der Waals surface area contributed by atoms with E-state index >= 15 is 0 Å². The minimum atomic E-state index is -0.546. The van der Waals surface area contributed by atoms with E-state index in [2.05, 4.69) is 20.8 Å². The summed E-state index contributed by atoms with van der Waals surface area (Å²) in [6, 6.07) is 3.04. The minimum absolute atomic E-state index is 0.327. The van der Waals surface area contributed by atoms with Crippen LogP contribution in [0.1, 0.15) is 12.8 Å². The van der Waals surface area contributed by atoms with Crippen molar-refractivity contribution in [3.05, 3.63) is 28.2 Å². The molecule has 3 rings (SSSR count). The van der Waals surface area contributed by atoms with Gasteiger partial charge in [-0.3, -0.25) is 4.90 Å². The second-order valence-corrected chi connectivity index (χ2v) is 5.85. The Morgan fingerprint density at radius 2 is 1.94 bits per heavy atom. The first kappa shape index (κ1) is 12.4. The van der Waals surface area contributed by atoms with E-state index in [1.54, 1.807) is 6.07 Å². The Bertz CT molecular complexity index is 467. The second-order valence-electron chi connectivity index (χ2n) is 5.00. The summed E-state index contributed by atoms with van der Waals surface area (Å²) in [5.74, 6) is -1.02. The summed E-state index contributed by atoms with van der Waals surface area (Å²) < 4.78 is 27.4. The van der Waals surface area contributed by atoms with Crippen molar-refractivity contribution in [2.24, 2.45) is 0 Å². The third kappa shape index (κ3) is 2.14. The van der Waals surface area contributed by atoms with E-state index in [0.29, 0.717) is 16.2 Å². The maximum absolute atomic E-state index is 13.8. The van der Waals surface area contributed by atoms with Crippen LogP contribution in [0.3, 0.4) is 0 Å². The first-order valence-corrected chi connectivity index (χ1v) is 7.08. The third-order valence-electron chi connectivity index (χ3n) is 3.92. The number of rotatable bonds is 1. The lowest BCUT2D eigenvalue weighted by Gasteiger charge is -2.39. The van der Waals surface area contributed by atoms with Crippen molar-refractivity contribution in [3.8, 4) is 0 Å². The van der Waals surface area contributed by atoms with E-state index < -0.39 is 11.6 Å². The van der Waals surface area contributed by atoms with Gasteiger partial charge in [-0.15, -0.1) is 0 Å². The molecule has 5 heteroatoms. The summed E-state index contributed by atoms with van der Waals surface area (Å²) >= 11 is 3.12. The number of halogens is 3. The molecule has 1 atom stereocenters. The molecule has 1 aromatic rings. The van der Waals surface area contributed by atoms with Crippen molar-refractivity contribution in [2.75, 3.05) is 31.1 Å². The van der Waals surface area contributed by atoms with Crippen LogP contribution in [0.4, 0.5) is 14.5 Å². The highest BCUT2D eigenvalue weighted by molar-refractivity contribution is 9.10. The molecule has 1 aromatic carbocycles. The lowest BCUT2D eigenvalue weighted by molar-refractivity contribution is 0.230. The van der Waals surface area contributed by atoms with Crippen molar-refractivity contribution in [1.29, 1.82) is 0 Å². The molecule has 2 fully saturated rings. The van der Waals surface area contributed by atoms with Crippen LogP contribution in [0.25, 0.3) is 0 Å². The minimum Gasteiger partial charge on any atom is -0.366 e. The fourth-order valence-corrected chi connectivity index (χ4v) is 3.30. The summed E-state index contributed by atoms with van der Waals surface area (Å²) in [4.78, 5) is 4.50. The molecule has 0 aromatic heterocycles. The van der Waals surface area contributed by atoms with Gasteiger partial charge in [0, 0.05) is 31.7 Å². The average Bonchev–Trinajstić information content (AvgIpc) is 2.80. The summed E-state index contributed by atoms with van der Waals surface area (Å²) in [7, 11) is 0. The molecule has 0 saturated carbocycles. The zero-order valence-electron chi connectivity index (χ0n) is 10.0. The largest absolute Gasteiger partial charge is 0.366 e. The van der Waals surface area contributed by atoms with Gasteiger partial charge in [0.25, 0.3) is 0 Å². The monoisotopic (exact) mass is 316 g/mol. The Morgan fingerprint density at radius 3 is 2.78 bits per heavy atom. The Labute approximate surface area is 114 Å². The summed E-state index contributed by atoms with van der Waals surface area (Å²) in [6.07, 6.45) is 2.41. The van der Waals surface area contributed by atoms with E-state index in [1.165, 1.54) is 12.8 Å². The average molecular weight is 317 g/mol. The van der Waals surface area contributed by atoms with Crippen molar-refractivity contribution >= 4 is 21.6 Å². The van der Waals surface area contributed by atoms with E-state index in [0.717, 1.165) is 32.2 Å². The number of anilines is 1. The highest BCUT2D eigenvalue weighted by Gasteiger charge is 2.31. The Hall–Kier alpha value is -0.680. The van der Waals surface area contributed by atoms with Crippen LogP contribution < -0.4 is 4.90 Å². The molecule has 0 spiro atoms. The zero-order chi connectivity index (χ0) is 12.7. The standard InChI is InChI=1S/C13H15BrF2N2/c14-10-6-13(12(16)7-11(10)15)18-5-4-17-3-1-2-9(17)8-18/h6-7,9H,1-5,8H2. The first-order valence-electron chi connectivity index (χ1n) is 6.28. The SMILES string of the molecule is Fc1cc(F)c(N2CCN3CCCC3C2)cc1Br. The van der Waals surface area contributed by atoms with Gasteiger partial charge in [0.15, 0.2) is 0 Å². The number of benzene rings is 1. The van der Waals surface area contributed by atoms with Gasteiger partial charge in [0.1, 0.15) is 11.6 Å². The number of hydrogen-bond donors (Lipinski definition) is 0. The maximum Gasteiger partial charge on any atom is 0.149 e. The van der Waals surface area contributed by atoms with E-state index in [9.17, 15) is 8.78 Å². The van der Waals surface area contributed by atoms with Gasteiger partial charge in [0.05, 0.1) is 10.2 Å². The summed E-state index contributed by atoms with van der Waals surface area (Å²) in [5, 5.41) is 0.